The van der Waals surface area contributed by atoms with Crippen LogP contribution in [0.15, 0.2) is 103 Å². The van der Waals surface area contributed by atoms with Gasteiger partial charge in [-0.25, -0.2) is 4.79 Å². The monoisotopic (exact) mass is 532 g/mol. The van der Waals surface area contributed by atoms with E-state index in [0.29, 0.717) is 12.1 Å². The van der Waals surface area contributed by atoms with Crippen molar-refractivity contribution in [2.45, 2.75) is 47.6 Å². The van der Waals surface area contributed by atoms with E-state index in [9.17, 15) is 4.79 Å². The van der Waals surface area contributed by atoms with Crippen molar-refractivity contribution in [3.05, 3.63) is 137 Å². The average Bonchev–Trinajstić information content (AvgIpc) is 2.96. The van der Waals surface area contributed by atoms with Gasteiger partial charge in [0.2, 0.25) is 0 Å². The highest BCUT2D eigenvalue weighted by molar-refractivity contribution is 5.96. The normalized spacial score (nSPS) is 10.2. The number of hydrogen-bond donors (Lipinski definition) is 3. The maximum absolute atomic E-state index is 11.1. The van der Waals surface area contributed by atoms with Gasteiger partial charge >= 0.3 is 5.97 Å². The number of benzene rings is 4. The number of nitrogen functional groups attached to an aromatic ring is 1. The molecule has 0 aromatic heterocycles. The summed E-state index contributed by atoms with van der Waals surface area (Å²) < 4.78 is 0. The molecule has 0 saturated carbocycles. The molecule has 0 amide bonds. The highest BCUT2D eigenvalue weighted by Gasteiger charge is 2.10. The van der Waals surface area contributed by atoms with E-state index in [-0.39, 0.29) is 0 Å². The summed E-state index contributed by atoms with van der Waals surface area (Å²) in [5.41, 5.74) is 18.4. The Kier molecular flexibility index (Phi) is 10.5. The lowest BCUT2D eigenvalue weighted by molar-refractivity contribution is 0.0697. The standard InChI is InChI=1S/C21H26N2.C15H14O2/c1-14(2)16(4)20-12-18(11-10-15(20)3)17(5)23-13-19-8-6-7-9-21(19)22;1-2-11-7-9-12(10-8-11)13-5-3-4-6-14(13)15(16)17/h6-12,23H,5,13,22H2,1-4H3;3-10H,2H2,1H3,(H,16,17). The Morgan fingerprint density at radius 1 is 0.875 bits per heavy atom. The first-order valence-electron chi connectivity index (χ1n) is 13.6. The van der Waals surface area contributed by atoms with Gasteiger partial charge in [0.05, 0.1) is 5.56 Å². The number of aryl methyl sites for hydroxylation is 2. The Morgan fingerprint density at radius 2 is 1.52 bits per heavy atom. The Hall–Kier alpha value is -4.57. The first-order chi connectivity index (χ1) is 19.1. The number of para-hydroxylation sites is 1. The van der Waals surface area contributed by atoms with Gasteiger partial charge in [-0.15, -0.1) is 0 Å². The molecule has 0 aliphatic carbocycles. The second-order valence-corrected chi connectivity index (χ2v) is 10.1. The molecule has 0 bridgehead atoms. The van der Waals surface area contributed by atoms with Crippen LogP contribution in [0.25, 0.3) is 22.4 Å². The summed E-state index contributed by atoms with van der Waals surface area (Å²) >= 11 is 0. The summed E-state index contributed by atoms with van der Waals surface area (Å²) in [7, 11) is 0. The molecule has 4 heteroatoms. The minimum Gasteiger partial charge on any atom is -0.478 e. The summed E-state index contributed by atoms with van der Waals surface area (Å²) in [5, 5.41) is 12.5. The van der Waals surface area contributed by atoms with Gasteiger partial charge < -0.3 is 16.2 Å². The van der Waals surface area contributed by atoms with E-state index in [1.807, 2.05) is 60.7 Å². The van der Waals surface area contributed by atoms with Gasteiger partial charge in [0, 0.05) is 17.9 Å². The maximum atomic E-state index is 11.1. The first-order valence-corrected chi connectivity index (χ1v) is 13.6. The fourth-order valence-corrected chi connectivity index (χ4v) is 4.32. The predicted octanol–water partition coefficient (Wildman–Crippen LogP) is 8.77. The first kappa shape index (κ1) is 30.0. The van der Waals surface area contributed by atoms with Crippen LogP contribution in [0.4, 0.5) is 5.69 Å². The number of nitrogens with two attached hydrogens (primary N) is 1. The summed E-state index contributed by atoms with van der Waals surface area (Å²) in [4.78, 5) is 11.1. The van der Waals surface area contributed by atoms with Crippen LogP contribution in [0, 0.1) is 6.92 Å². The van der Waals surface area contributed by atoms with Crippen molar-refractivity contribution < 1.29 is 9.90 Å². The van der Waals surface area contributed by atoms with Crippen LogP contribution in [0.1, 0.15) is 65.9 Å². The molecule has 0 fully saturated rings. The zero-order chi connectivity index (χ0) is 29.2. The molecule has 4 nitrogen and oxygen atoms in total. The number of anilines is 1. The number of carboxylic acid groups (broad SMARTS) is 1. The molecule has 0 heterocycles. The Labute approximate surface area is 238 Å². The van der Waals surface area contributed by atoms with Crippen molar-refractivity contribution in [2.24, 2.45) is 0 Å². The van der Waals surface area contributed by atoms with Gasteiger partial charge in [-0.2, -0.15) is 0 Å². The van der Waals surface area contributed by atoms with Gasteiger partial charge in [-0.05, 0) is 96.8 Å². The molecular formula is C36H40N2O2. The van der Waals surface area contributed by atoms with Crippen LogP contribution in [0.2, 0.25) is 0 Å². The molecule has 0 spiro atoms. The van der Waals surface area contributed by atoms with Crippen LogP contribution < -0.4 is 11.1 Å². The van der Waals surface area contributed by atoms with E-state index >= 15 is 0 Å². The largest absolute Gasteiger partial charge is 0.478 e. The SMILES string of the molecule is C=C(NCc1ccccc1N)c1ccc(C)c(C(C)=C(C)C)c1.CCc1ccc(-c2ccccc2C(=O)O)cc1. The number of hydrogen-bond acceptors (Lipinski definition) is 3. The zero-order valence-electron chi connectivity index (χ0n) is 24.2. The summed E-state index contributed by atoms with van der Waals surface area (Å²) in [6.07, 6.45) is 0.987. The van der Waals surface area contributed by atoms with Gasteiger partial charge in [-0.1, -0.05) is 91.9 Å². The summed E-state index contributed by atoms with van der Waals surface area (Å²) in [6.45, 7) is 15.6. The smallest absolute Gasteiger partial charge is 0.336 e. The van der Waals surface area contributed by atoms with Crippen LogP contribution in [0.5, 0.6) is 0 Å². The Bertz CT molecular complexity index is 1510. The summed E-state index contributed by atoms with van der Waals surface area (Å²) in [5.74, 6) is -0.889. The van der Waals surface area contributed by atoms with Gasteiger partial charge in [0.1, 0.15) is 0 Å². The lowest BCUT2D eigenvalue weighted by Gasteiger charge is -2.15. The molecule has 0 saturated heterocycles. The molecule has 0 radical (unpaired) electrons. The Morgan fingerprint density at radius 3 is 2.15 bits per heavy atom. The van der Waals surface area contributed by atoms with Crippen molar-refractivity contribution in [2.75, 3.05) is 5.73 Å². The van der Waals surface area contributed by atoms with E-state index in [4.69, 9.17) is 10.8 Å². The van der Waals surface area contributed by atoms with Gasteiger partial charge in [0.25, 0.3) is 0 Å². The molecule has 4 rings (SSSR count). The number of allylic oxidation sites excluding steroid dienone is 2. The van der Waals surface area contributed by atoms with Gasteiger partial charge in [0.15, 0.2) is 0 Å². The second-order valence-electron chi connectivity index (χ2n) is 10.1. The molecule has 206 valence electrons. The van der Waals surface area contributed by atoms with Crippen LogP contribution >= 0.6 is 0 Å². The van der Waals surface area contributed by atoms with E-state index in [2.05, 4.69) is 64.7 Å². The molecule has 4 aromatic carbocycles. The number of carbonyl (C=O) groups is 1. The number of nitrogens with one attached hydrogen (secondary N) is 1. The predicted molar refractivity (Wildman–Crippen MR) is 170 cm³/mol. The molecule has 0 aliphatic heterocycles. The minimum absolute atomic E-state index is 0.344. The molecule has 40 heavy (non-hydrogen) atoms. The van der Waals surface area contributed by atoms with E-state index in [1.165, 1.54) is 27.8 Å². The summed E-state index contributed by atoms with van der Waals surface area (Å²) in [6, 6.07) is 29.5. The fourth-order valence-electron chi connectivity index (χ4n) is 4.32. The molecule has 0 unspecified atom stereocenters. The average molecular weight is 533 g/mol. The number of aromatic carboxylic acids is 1. The quantitative estimate of drug-likeness (QED) is 0.198. The third kappa shape index (κ3) is 7.73. The molecule has 4 N–H and O–H groups in total. The maximum Gasteiger partial charge on any atom is 0.336 e. The molecule has 0 aliphatic rings. The lowest BCUT2D eigenvalue weighted by atomic mass is 9.95. The van der Waals surface area contributed by atoms with Crippen LogP contribution in [0.3, 0.4) is 0 Å². The fraction of sp³-hybridized carbons (Fsp3) is 0.194. The van der Waals surface area contributed by atoms with Crippen LogP contribution in [-0.4, -0.2) is 11.1 Å². The lowest BCUT2D eigenvalue weighted by Crippen LogP contribution is -2.12. The van der Waals surface area contributed by atoms with E-state index in [1.54, 1.807) is 12.1 Å². The van der Waals surface area contributed by atoms with E-state index in [0.717, 1.165) is 40.1 Å². The van der Waals surface area contributed by atoms with Crippen molar-refractivity contribution >= 4 is 22.9 Å². The van der Waals surface area contributed by atoms with Crippen LogP contribution in [-0.2, 0) is 13.0 Å². The number of rotatable bonds is 8. The van der Waals surface area contributed by atoms with E-state index < -0.39 is 5.97 Å². The molecular weight excluding hydrogens is 492 g/mol. The topological polar surface area (TPSA) is 75.3 Å². The van der Waals surface area contributed by atoms with Crippen molar-refractivity contribution in [1.29, 1.82) is 0 Å². The highest BCUT2D eigenvalue weighted by atomic mass is 16.4. The third-order valence-corrected chi connectivity index (χ3v) is 7.12. The zero-order valence-corrected chi connectivity index (χ0v) is 24.2. The van der Waals surface area contributed by atoms with Crippen molar-refractivity contribution in [1.82, 2.24) is 5.32 Å². The van der Waals surface area contributed by atoms with Crippen molar-refractivity contribution in [3.63, 3.8) is 0 Å². The van der Waals surface area contributed by atoms with Gasteiger partial charge in [-0.3, -0.25) is 0 Å². The minimum atomic E-state index is -0.889. The third-order valence-electron chi connectivity index (χ3n) is 7.12. The molecule has 0 atom stereocenters. The Balaban J connectivity index is 0.000000230. The number of carboxylic acids is 1. The second kappa shape index (κ2) is 14.0. The highest BCUT2D eigenvalue weighted by Crippen LogP contribution is 2.26. The molecule has 4 aromatic rings. The van der Waals surface area contributed by atoms with Crippen molar-refractivity contribution in [3.8, 4) is 11.1 Å².